The van der Waals surface area contributed by atoms with Gasteiger partial charge in [0.15, 0.2) is 5.96 Å². The van der Waals surface area contributed by atoms with Gasteiger partial charge in [0.25, 0.3) is 0 Å². The minimum absolute atomic E-state index is 0.217. The molecule has 2 unspecified atom stereocenters. The molecule has 1 aliphatic rings. The number of hydrogen-bond acceptors (Lipinski definition) is 1. The molecular formula is C15H21F2N3. The maximum Gasteiger partial charge on any atom is 0.191 e. The third-order valence-electron chi connectivity index (χ3n) is 3.58. The predicted molar refractivity (Wildman–Crippen MR) is 76.5 cm³/mol. The van der Waals surface area contributed by atoms with Crippen LogP contribution in [0.15, 0.2) is 23.2 Å². The average molecular weight is 281 g/mol. The molecule has 1 aliphatic carbocycles. The fourth-order valence-corrected chi connectivity index (χ4v) is 2.34. The summed E-state index contributed by atoms with van der Waals surface area (Å²) in [7, 11) is 1.68. The van der Waals surface area contributed by atoms with Crippen LogP contribution in [-0.2, 0) is 6.54 Å². The molecule has 110 valence electrons. The van der Waals surface area contributed by atoms with Gasteiger partial charge >= 0.3 is 0 Å². The molecule has 1 aromatic carbocycles. The normalized spacial score (nSPS) is 21.7. The SMILES string of the molecule is CCCC1CC1NC(=NC)NCc1cc(F)ccc1F. The molecule has 20 heavy (non-hydrogen) atoms. The molecule has 2 N–H and O–H groups in total. The summed E-state index contributed by atoms with van der Waals surface area (Å²) < 4.78 is 26.6. The lowest BCUT2D eigenvalue weighted by Crippen LogP contribution is -2.38. The first-order chi connectivity index (χ1) is 9.63. The van der Waals surface area contributed by atoms with Crippen molar-refractivity contribution >= 4 is 5.96 Å². The lowest BCUT2D eigenvalue weighted by atomic mass is 10.2. The molecule has 2 rings (SSSR count). The largest absolute Gasteiger partial charge is 0.353 e. The molecule has 2 atom stereocenters. The summed E-state index contributed by atoms with van der Waals surface area (Å²) in [5, 5.41) is 6.32. The Labute approximate surface area is 118 Å². The first-order valence-electron chi connectivity index (χ1n) is 7.05. The zero-order valence-electron chi connectivity index (χ0n) is 11.9. The summed E-state index contributed by atoms with van der Waals surface area (Å²) in [5.74, 6) is 0.503. The van der Waals surface area contributed by atoms with Crippen molar-refractivity contribution < 1.29 is 8.78 Å². The van der Waals surface area contributed by atoms with Crippen LogP contribution in [0.3, 0.4) is 0 Å². The van der Waals surface area contributed by atoms with Crippen molar-refractivity contribution in [2.24, 2.45) is 10.9 Å². The fourth-order valence-electron chi connectivity index (χ4n) is 2.34. The van der Waals surface area contributed by atoms with E-state index in [-0.39, 0.29) is 6.54 Å². The van der Waals surface area contributed by atoms with Crippen molar-refractivity contribution in [1.82, 2.24) is 10.6 Å². The van der Waals surface area contributed by atoms with Crippen LogP contribution < -0.4 is 10.6 Å². The van der Waals surface area contributed by atoms with Crippen molar-refractivity contribution in [1.29, 1.82) is 0 Å². The van der Waals surface area contributed by atoms with Crippen LogP contribution in [0.2, 0.25) is 0 Å². The number of benzene rings is 1. The number of aliphatic imine (C=N–C) groups is 1. The van der Waals surface area contributed by atoms with E-state index in [0.29, 0.717) is 23.5 Å². The van der Waals surface area contributed by atoms with Gasteiger partial charge in [0, 0.05) is 25.2 Å². The van der Waals surface area contributed by atoms with E-state index < -0.39 is 11.6 Å². The molecule has 0 bridgehead atoms. The van der Waals surface area contributed by atoms with E-state index >= 15 is 0 Å². The summed E-state index contributed by atoms with van der Waals surface area (Å²) in [6, 6.07) is 3.91. The van der Waals surface area contributed by atoms with Gasteiger partial charge in [0.2, 0.25) is 0 Å². The number of guanidine groups is 1. The molecule has 1 aromatic rings. The number of nitrogens with one attached hydrogen (secondary N) is 2. The standard InChI is InChI=1S/C15H21F2N3/c1-3-4-10-8-14(10)20-15(18-2)19-9-11-7-12(16)5-6-13(11)17/h5-7,10,14H,3-4,8-9H2,1-2H3,(H2,18,19,20). The Balaban J connectivity index is 1.84. The van der Waals surface area contributed by atoms with E-state index in [9.17, 15) is 8.78 Å². The first-order valence-corrected chi connectivity index (χ1v) is 7.05. The smallest absolute Gasteiger partial charge is 0.191 e. The van der Waals surface area contributed by atoms with Crippen LogP contribution >= 0.6 is 0 Å². The highest BCUT2D eigenvalue weighted by molar-refractivity contribution is 5.80. The Bertz CT molecular complexity index is 488. The molecule has 0 aliphatic heterocycles. The fraction of sp³-hybridized carbons (Fsp3) is 0.533. The summed E-state index contributed by atoms with van der Waals surface area (Å²) in [5.41, 5.74) is 0.300. The zero-order valence-corrected chi connectivity index (χ0v) is 11.9. The van der Waals surface area contributed by atoms with E-state index in [2.05, 4.69) is 22.5 Å². The Morgan fingerprint density at radius 2 is 2.20 bits per heavy atom. The summed E-state index contributed by atoms with van der Waals surface area (Å²) >= 11 is 0. The second kappa shape index (κ2) is 6.68. The minimum atomic E-state index is -0.434. The topological polar surface area (TPSA) is 36.4 Å². The Morgan fingerprint density at radius 1 is 1.40 bits per heavy atom. The third-order valence-corrected chi connectivity index (χ3v) is 3.58. The van der Waals surface area contributed by atoms with E-state index in [4.69, 9.17) is 0 Å². The van der Waals surface area contributed by atoms with Crippen molar-refractivity contribution in [2.75, 3.05) is 7.05 Å². The van der Waals surface area contributed by atoms with E-state index in [0.717, 1.165) is 18.6 Å². The van der Waals surface area contributed by atoms with Gasteiger partial charge in [-0.3, -0.25) is 4.99 Å². The maximum atomic E-state index is 13.5. The summed E-state index contributed by atoms with van der Waals surface area (Å²) in [6.45, 7) is 2.39. The van der Waals surface area contributed by atoms with Gasteiger partial charge in [0.1, 0.15) is 11.6 Å². The maximum absolute atomic E-state index is 13.5. The van der Waals surface area contributed by atoms with Crippen LogP contribution in [0.4, 0.5) is 8.78 Å². The molecule has 1 fully saturated rings. The van der Waals surface area contributed by atoms with Crippen LogP contribution in [-0.4, -0.2) is 19.0 Å². The number of halogens is 2. The highest BCUT2D eigenvalue weighted by Gasteiger charge is 2.36. The monoisotopic (exact) mass is 281 g/mol. The van der Waals surface area contributed by atoms with Crippen molar-refractivity contribution in [3.8, 4) is 0 Å². The molecule has 5 heteroatoms. The highest BCUT2D eigenvalue weighted by atomic mass is 19.1. The average Bonchev–Trinajstić information content (AvgIpc) is 3.16. The Morgan fingerprint density at radius 3 is 2.90 bits per heavy atom. The van der Waals surface area contributed by atoms with Crippen LogP contribution in [0.5, 0.6) is 0 Å². The van der Waals surface area contributed by atoms with Gasteiger partial charge in [-0.25, -0.2) is 8.78 Å². The molecule has 1 saturated carbocycles. The summed E-state index contributed by atoms with van der Waals surface area (Å²) in [4.78, 5) is 4.11. The highest BCUT2D eigenvalue weighted by Crippen LogP contribution is 2.34. The van der Waals surface area contributed by atoms with Crippen molar-refractivity contribution in [2.45, 2.75) is 38.8 Å². The van der Waals surface area contributed by atoms with Crippen molar-refractivity contribution in [3.05, 3.63) is 35.4 Å². The Hall–Kier alpha value is -1.65. The van der Waals surface area contributed by atoms with Gasteiger partial charge in [-0.1, -0.05) is 13.3 Å². The van der Waals surface area contributed by atoms with Crippen LogP contribution in [0.25, 0.3) is 0 Å². The first kappa shape index (κ1) is 14.8. The van der Waals surface area contributed by atoms with Gasteiger partial charge < -0.3 is 10.6 Å². The van der Waals surface area contributed by atoms with Gasteiger partial charge in [-0.2, -0.15) is 0 Å². The molecule has 3 nitrogen and oxygen atoms in total. The molecular weight excluding hydrogens is 260 g/mol. The predicted octanol–water partition coefficient (Wildman–Crippen LogP) is 2.82. The Kier molecular flexibility index (Phi) is 4.93. The molecule has 0 aromatic heterocycles. The second-order valence-corrected chi connectivity index (χ2v) is 5.20. The second-order valence-electron chi connectivity index (χ2n) is 5.20. The zero-order chi connectivity index (χ0) is 14.5. The van der Waals surface area contributed by atoms with Gasteiger partial charge in [0.05, 0.1) is 0 Å². The summed E-state index contributed by atoms with van der Waals surface area (Å²) in [6.07, 6.45) is 3.55. The van der Waals surface area contributed by atoms with Crippen molar-refractivity contribution in [3.63, 3.8) is 0 Å². The minimum Gasteiger partial charge on any atom is -0.353 e. The van der Waals surface area contributed by atoms with E-state index in [1.807, 2.05) is 0 Å². The number of rotatable bonds is 5. The molecule has 0 saturated heterocycles. The van der Waals surface area contributed by atoms with Gasteiger partial charge in [-0.15, -0.1) is 0 Å². The number of nitrogens with zero attached hydrogens (tertiary/aromatic N) is 1. The molecule has 0 heterocycles. The molecule has 0 spiro atoms. The van der Waals surface area contributed by atoms with Crippen LogP contribution in [0.1, 0.15) is 31.7 Å². The lowest BCUT2D eigenvalue weighted by Gasteiger charge is -2.12. The van der Waals surface area contributed by atoms with E-state index in [1.54, 1.807) is 7.05 Å². The third kappa shape index (κ3) is 3.92. The lowest BCUT2D eigenvalue weighted by molar-refractivity contribution is 0.580. The quantitative estimate of drug-likeness (QED) is 0.643. The van der Waals surface area contributed by atoms with Gasteiger partial charge in [-0.05, 0) is 37.0 Å². The molecule has 0 amide bonds. The van der Waals surface area contributed by atoms with Crippen LogP contribution in [0, 0.1) is 17.6 Å². The van der Waals surface area contributed by atoms with E-state index in [1.165, 1.54) is 18.9 Å². The molecule has 0 radical (unpaired) electrons. The number of hydrogen-bond donors (Lipinski definition) is 2.